The summed E-state index contributed by atoms with van der Waals surface area (Å²) in [6.07, 6.45) is 2.92. The van der Waals surface area contributed by atoms with Crippen LogP contribution in [0.2, 0.25) is 0 Å². The Morgan fingerprint density at radius 2 is 1.79 bits per heavy atom. The topological polar surface area (TPSA) is 65.6 Å². The number of aromatic nitrogens is 5. The minimum absolute atomic E-state index is 0.0824. The van der Waals surface area contributed by atoms with Gasteiger partial charge in [-0.2, -0.15) is 0 Å². The molecule has 7 heteroatoms. The monoisotopic (exact) mass is 403 g/mol. The molecule has 0 radical (unpaired) electrons. The Balaban J connectivity index is 1.53. The van der Waals surface area contributed by atoms with Gasteiger partial charge in [0.2, 0.25) is 0 Å². The first-order valence-electron chi connectivity index (χ1n) is 9.41. The second kappa shape index (κ2) is 8.45. The molecule has 146 valence electrons. The molecule has 2 heterocycles. The van der Waals surface area contributed by atoms with Gasteiger partial charge >= 0.3 is 0 Å². The Morgan fingerprint density at radius 1 is 1.03 bits per heavy atom. The molecule has 0 aliphatic heterocycles. The maximum Gasteiger partial charge on any atom is 0.254 e. The molecule has 0 saturated heterocycles. The zero-order valence-electron chi connectivity index (χ0n) is 16.3. The molecule has 0 unspecified atom stereocenters. The van der Waals surface area contributed by atoms with Gasteiger partial charge in [-0.1, -0.05) is 66.4 Å². The minimum atomic E-state index is -0.0824. The van der Waals surface area contributed by atoms with Crippen LogP contribution in [-0.4, -0.2) is 24.5 Å². The Morgan fingerprint density at radius 3 is 2.52 bits per heavy atom. The molecule has 6 nitrogen and oxygen atoms in total. The number of hydrogen-bond donors (Lipinski definition) is 0. The summed E-state index contributed by atoms with van der Waals surface area (Å²) >= 11 is 1.47. The van der Waals surface area contributed by atoms with Crippen molar-refractivity contribution < 1.29 is 0 Å². The lowest BCUT2D eigenvalue weighted by atomic mass is 10.1. The Hall–Kier alpha value is -3.19. The smallest absolute Gasteiger partial charge is 0.254 e. The van der Waals surface area contributed by atoms with Crippen LogP contribution in [0.4, 0.5) is 0 Å². The fraction of sp³-hybridized carbons (Fsp3) is 0.182. The Labute approximate surface area is 173 Å². The van der Waals surface area contributed by atoms with Crippen molar-refractivity contribution in [3.05, 3.63) is 88.5 Å². The number of benzene rings is 2. The predicted octanol–water partition coefficient (Wildman–Crippen LogP) is 3.88. The third kappa shape index (κ3) is 4.30. The van der Waals surface area contributed by atoms with Crippen LogP contribution < -0.4 is 5.56 Å². The summed E-state index contributed by atoms with van der Waals surface area (Å²) in [6.45, 7) is 2.13. The first-order chi connectivity index (χ1) is 14.1. The van der Waals surface area contributed by atoms with E-state index in [0.29, 0.717) is 16.6 Å². The number of hydrogen-bond acceptors (Lipinski definition) is 5. The van der Waals surface area contributed by atoms with E-state index in [9.17, 15) is 4.79 Å². The summed E-state index contributed by atoms with van der Waals surface area (Å²) in [5, 5.41) is 9.13. The van der Waals surface area contributed by atoms with Crippen LogP contribution in [-0.2, 0) is 19.2 Å². The highest BCUT2D eigenvalue weighted by molar-refractivity contribution is 7.98. The van der Waals surface area contributed by atoms with E-state index in [-0.39, 0.29) is 5.56 Å². The molecule has 0 aliphatic carbocycles. The third-order valence-electron chi connectivity index (χ3n) is 4.66. The van der Waals surface area contributed by atoms with Crippen LogP contribution >= 0.6 is 11.8 Å². The lowest BCUT2D eigenvalue weighted by Crippen LogP contribution is -2.19. The van der Waals surface area contributed by atoms with E-state index in [4.69, 9.17) is 0 Å². The summed E-state index contributed by atoms with van der Waals surface area (Å²) in [6, 6.07) is 19.6. The van der Waals surface area contributed by atoms with Crippen LogP contribution in [0.1, 0.15) is 18.2 Å². The Bertz CT molecular complexity index is 1170. The first kappa shape index (κ1) is 19.1. The van der Waals surface area contributed by atoms with Crippen LogP contribution in [0.15, 0.2) is 76.8 Å². The molecule has 4 rings (SSSR count). The van der Waals surface area contributed by atoms with Gasteiger partial charge in [0.15, 0.2) is 5.16 Å². The van der Waals surface area contributed by atoms with E-state index in [2.05, 4.69) is 34.4 Å². The van der Waals surface area contributed by atoms with Crippen molar-refractivity contribution in [2.75, 3.05) is 0 Å². The number of rotatable bonds is 6. The summed E-state index contributed by atoms with van der Waals surface area (Å²) in [7, 11) is 1.73. The third-order valence-corrected chi connectivity index (χ3v) is 5.73. The highest BCUT2D eigenvalue weighted by atomic mass is 32.2. The zero-order chi connectivity index (χ0) is 20.2. The lowest BCUT2D eigenvalue weighted by molar-refractivity contribution is 0.711. The normalized spacial score (nSPS) is 11.0. The van der Waals surface area contributed by atoms with Crippen LogP contribution in [0.3, 0.4) is 0 Å². The van der Waals surface area contributed by atoms with Gasteiger partial charge in [-0.25, -0.2) is 9.67 Å². The molecule has 0 fully saturated rings. The quantitative estimate of drug-likeness (QED) is 0.361. The number of nitrogens with zero attached hydrogens (tertiary/aromatic N) is 5. The van der Waals surface area contributed by atoms with E-state index in [0.717, 1.165) is 23.4 Å². The molecular weight excluding hydrogens is 382 g/mol. The molecule has 0 aliphatic rings. The molecule has 0 saturated carbocycles. The van der Waals surface area contributed by atoms with Gasteiger partial charge in [-0.3, -0.25) is 9.36 Å². The van der Waals surface area contributed by atoms with Gasteiger partial charge in [0, 0.05) is 24.4 Å². The fourth-order valence-electron chi connectivity index (χ4n) is 2.92. The van der Waals surface area contributed by atoms with Crippen molar-refractivity contribution in [3.63, 3.8) is 0 Å². The summed E-state index contributed by atoms with van der Waals surface area (Å²) in [4.78, 5) is 17.0. The van der Waals surface area contributed by atoms with Gasteiger partial charge in [0.25, 0.3) is 5.56 Å². The second-order valence-corrected chi connectivity index (χ2v) is 7.59. The van der Waals surface area contributed by atoms with E-state index < -0.39 is 0 Å². The van der Waals surface area contributed by atoms with Gasteiger partial charge in [-0.05, 0) is 24.1 Å². The van der Waals surface area contributed by atoms with E-state index in [1.807, 2.05) is 48.7 Å². The first-order valence-corrected chi connectivity index (χ1v) is 10.4. The van der Waals surface area contributed by atoms with Crippen molar-refractivity contribution in [1.29, 1.82) is 0 Å². The van der Waals surface area contributed by atoms with Crippen molar-refractivity contribution in [2.45, 2.75) is 24.3 Å². The molecular formula is C22H21N5OS. The molecule has 29 heavy (non-hydrogen) atoms. The van der Waals surface area contributed by atoms with Crippen molar-refractivity contribution in [3.8, 4) is 16.9 Å². The predicted molar refractivity (Wildman–Crippen MR) is 115 cm³/mol. The van der Waals surface area contributed by atoms with Gasteiger partial charge < -0.3 is 0 Å². The largest absolute Gasteiger partial charge is 0.291 e. The average Bonchev–Trinajstić information content (AvgIpc) is 3.24. The maximum atomic E-state index is 12.4. The van der Waals surface area contributed by atoms with Gasteiger partial charge in [0.05, 0.1) is 23.3 Å². The molecule has 2 aromatic carbocycles. The molecule has 4 aromatic rings. The van der Waals surface area contributed by atoms with Gasteiger partial charge in [0.1, 0.15) is 0 Å². The fourth-order valence-corrected chi connectivity index (χ4v) is 3.77. The number of aryl methyl sites for hydroxylation is 1. The number of thioether (sulfide) groups is 1. The molecule has 0 amide bonds. The summed E-state index contributed by atoms with van der Waals surface area (Å²) in [5.41, 5.74) is 4.61. The summed E-state index contributed by atoms with van der Waals surface area (Å²) < 4.78 is 3.33. The second-order valence-electron chi connectivity index (χ2n) is 6.65. The van der Waals surface area contributed by atoms with E-state index in [1.165, 1.54) is 17.3 Å². The van der Waals surface area contributed by atoms with Crippen LogP contribution in [0.25, 0.3) is 16.9 Å². The average molecular weight is 404 g/mol. The maximum absolute atomic E-state index is 12.4. The lowest BCUT2D eigenvalue weighted by Gasteiger charge is -2.08. The highest BCUT2D eigenvalue weighted by Gasteiger charge is 2.10. The Kier molecular flexibility index (Phi) is 5.57. The van der Waals surface area contributed by atoms with Crippen molar-refractivity contribution >= 4 is 11.8 Å². The molecule has 0 atom stereocenters. The zero-order valence-corrected chi connectivity index (χ0v) is 17.1. The van der Waals surface area contributed by atoms with E-state index in [1.54, 1.807) is 22.4 Å². The molecule has 0 bridgehead atoms. The van der Waals surface area contributed by atoms with Crippen LogP contribution in [0.5, 0.6) is 0 Å². The SMILES string of the molecule is CCc1ccc(-n2cc(CSc3nc(-c4ccccc4)cc(=O)n3C)nn2)cc1. The van der Waals surface area contributed by atoms with Crippen molar-refractivity contribution in [2.24, 2.45) is 7.05 Å². The van der Waals surface area contributed by atoms with Crippen LogP contribution in [0, 0.1) is 0 Å². The molecule has 2 aromatic heterocycles. The molecule has 0 N–H and O–H groups in total. The standard InChI is InChI=1S/C22H21N5OS/c1-3-16-9-11-19(12-10-16)27-14-18(24-25-27)15-29-22-23-20(13-21(28)26(22)2)17-7-5-4-6-8-17/h4-14H,3,15H2,1-2H3. The highest BCUT2D eigenvalue weighted by Crippen LogP contribution is 2.22. The minimum Gasteiger partial charge on any atom is -0.291 e. The molecule has 0 spiro atoms. The van der Waals surface area contributed by atoms with Gasteiger partial charge in [-0.15, -0.1) is 5.10 Å². The van der Waals surface area contributed by atoms with Crippen molar-refractivity contribution in [1.82, 2.24) is 24.5 Å². The van der Waals surface area contributed by atoms with E-state index >= 15 is 0 Å². The summed E-state index contributed by atoms with van der Waals surface area (Å²) in [5.74, 6) is 0.575.